The van der Waals surface area contributed by atoms with Gasteiger partial charge in [-0.1, -0.05) is 0 Å². The second-order valence-electron chi connectivity index (χ2n) is 7.10. The molecule has 0 atom stereocenters. The Kier molecular flexibility index (Phi) is 5.26. The van der Waals surface area contributed by atoms with Crippen LogP contribution in [0, 0.1) is 5.92 Å². The lowest BCUT2D eigenvalue weighted by Crippen LogP contribution is -2.54. The number of hydrazine groups is 1. The van der Waals surface area contributed by atoms with E-state index in [9.17, 15) is 4.79 Å². The first-order valence-corrected chi connectivity index (χ1v) is 9.35. The third-order valence-corrected chi connectivity index (χ3v) is 5.25. The maximum Gasteiger partial charge on any atom is 0.237 e. The Morgan fingerprint density at radius 1 is 1.04 bits per heavy atom. The van der Waals surface area contributed by atoms with Crippen LogP contribution in [0.4, 0.5) is 5.82 Å². The third-order valence-electron chi connectivity index (χ3n) is 5.25. The van der Waals surface area contributed by atoms with Crippen LogP contribution in [0.2, 0.25) is 0 Å². The SMILES string of the molecule is CN1CCN(NC(=O)C2CCN(c3cc(-n4cncn4)ncn3)CC2)CC1. The second-order valence-corrected chi connectivity index (χ2v) is 7.10. The van der Waals surface area contributed by atoms with Gasteiger partial charge in [-0.05, 0) is 19.9 Å². The lowest BCUT2D eigenvalue weighted by molar-refractivity contribution is -0.131. The van der Waals surface area contributed by atoms with Crippen molar-refractivity contribution in [1.82, 2.24) is 40.1 Å². The highest BCUT2D eigenvalue weighted by Gasteiger charge is 2.27. The van der Waals surface area contributed by atoms with Gasteiger partial charge in [0.2, 0.25) is 5.91 Å². The molecule has 2 aliphatic heterocycles. The molecule has 144 valence electrons. The maximum absolute atomic E-state index is 12.6. The van der Waals surface area contributed by atoms with Gasteiger partial charge in [-0.2, -0.15) is 5.10 Å². The summed E-state index contributed by atoms with van der Waals surface area (Å²) < 4.78 is 1.61. The molecule has 4 heterocycles. The molecule has 0 saturated carbocycles. The van der Waals surface area contributed by atoms with Crippen LogP contribution in [0.25, 0.3) is 5.82 Å². The number of hydrogen-bond acceptors (Lipinski definition) is 8. The number of aromatic nitrogens is 5. The summed E-state index contributed by atoms with van der Waals surface area (Å²) in [6.07, 6.45) is 6.27. The van der Waals surface area contributed by atoms with Crippen LogP contribution >= 0.6 is 0 Å². The molecule has 27 heavy (non-hydrogen) atoms. The topological polar surface area (TPSA) is 95.3 Å². The molecule has 0 aliphatic carbocycles. The van der Waals surface area contributed by atoms with Crippen molar-refractivity contribution in [3.05, 3.63) is 25.0 Å². The van der Waals surface area contributed by atoms with E-state index in [2.05, 4.69) is 42.3 Å². The summed E-state index contributed by atoms with van der Waals surface area (Å²) >= 11 is 0. The fraction of sp³-hybridized carbons (Fsp3) is 0.588. The van der Waals surface area contributed by atoms with E-state index in [-0.39, 0.29) is 11.8 Å². The summed E-state index contributed by atoms with van der Waals surface area (Å²) in [5, 5.41) is 6.15. The Balaban J connectivity index is 1.31. The Bertz CT molecular complexity index is 750. The molecule has 2 fully saturated rings. The number of likely N-dealkylation sites (N-methyl/N-ethyl adjacent to an activating group) is 1. The van der Waals surface area contributed by atoms with Crippen LogP contribution in [0.15, 0.2) is 25.0 Å². The van der Waals surface area contributed by atoms with Crippen LogP contribution in [0.3, 0.4) is 0 Å². The first kappa shape index (κ1) is 17.8. The van der Waals surface area contributed by atoms with Gasteiger partial charge in [-0.25, -0.2) is 24.6 Å². The first-order chi connectivity index (χ1) is 13.2. The van der Waals surface area contributed by atoms with Crippen molar-refractivity contribution in [1.29, 1.82) is 0 Å². The number of piperazine rings is 1. The molecule has 0 bridgehead atoms. The van der Waals surface area contributed by atoms with Gasteiger partial charge in [-0.3, -0.25) is 10.2 Å². The number of anilines is 1. The van der Waals surface area contributed by atoms with E-state index < -0.39 is 0 Å². The number of piperidine rings is 1. The third kappa shape index (κ3) is 4.22. The Morgan fingerprint density at radius 2 is 1.78 bits per heavy atom. The molecule has 1 amide bonds. The van der Waals surface area contributed by atoms with Crippen LogP contribution in [0.1, 0.15) is 12.8 Å². The monoisotopic (exact) mass is 371 g/mol. The number of carbonyl (C=O) groups is 1. The molecule has 0 spiro atoms. The van der Waals surface area contributed by atoms with Crippen molar-refractivity contribution in [2.45, 2.75) is 12.8 Å². The molecule has 2 aliphatic rings. The van der Waals surface area contributed by atoms with E-state index in [4.69, 9.17) is 0 Å². The minimum atomic E-state index is 0.0533. The number of rotatable bonds is 4. The van der Waals surface area contributed by atoms with Crippen molar-refractivity contribution >= 4 is 11.7 Å². The number of hydrogen-bond donors (Lipinski definition) is 1. The minimum absolute atomic E-state index is 0.0533. The molecule has 0 unspecified atom stereocenters. The van der Waals surface area contributed by atoms with Gasteiger partial charge in [0.25, 0.3) is 0 Å². The Hall–Kier alpha value is -2.59. The molecule has 0 aromatic carbocycles. The summed E-state index contributed by atoms with van der Waals surface area (Å²) in [5.41, 5.74) is 3.10. The summed E-state index contributed by atoms with van der Waals surface area (Å²) in [6.45, 7) is 5.34. The molecule has 10 heteroatoms. The first-order valence-electron chi connectivity index (χ1n) is 9.35. The zero-order valence-corrected chi connectivity index (χ0v) is 15.5. The van der Waals surface area contributed by atoms with E-state index in [0.29, 0.717) is 5.82 Å². The quantitative estimate of drug-likeness (QED) is 0.772. The zero-order chi connectivity index (χ0) is 18.6. The van der Waals surface area contributed by atoms with Gasteiger partial charge < -0.3 is 9.80 Å². The van der Waals surface area contributed by atoms with Crippen molar-refractivity contribution < 1.29 is 4.79 Å². The molecule has 2 aromatic heterocycles. The molecule has 1 N–H and O–H groups in total. The highest BCUT2D eigenvalue weighted by Crippen LogP contribution is 2.22. The normalized spacial score (nSPS) is 20.0. The van der Waals surface area contributed by atoms with E-state index in [1.54, 1.807) is 17.3 Å². The van der Waals surface area contributed by atoms with Crippen molar-refractivity contribution in [3.8, 4) is 5.82 Å². The van der Waals surface area contributed by atoms with Gasteiger partial charge >= 0.3 is 0 Å². The summed E-state index contributed by atoms with van der Waals surface area (Å²) in [6, 6.07) is 1.90. The van der Waals surface area contributed by atoms with Gasteiger partial charge in [-0.15, -0.1) is 0 Å². The highest BCUT2D eigenvalue weighted by atomic mass is 16.2. The predicted octanol–water partition coefficient (Wildman–Crippen LogP) is -0.448. The zero-order valence-electron chi connectivity index (χ0n) is 15.5. The van der Waals surface area contributed by atoms with Crippen LogP contribution in [-0.2, 0) is 4.79 Å². The average Bonchev–Trinajstić information content (AvgIpc) is 3.25. The van der Waals surface area contributed by atoms with Gasteiger partial charge in [0.15, 0.2) is 5.82 Å². The highest BCUT2D eigenvalue weighted by molar-refractivity contribution is 5.78. The van der Waals surface area contributed by atoms with E-state index in [0.717, 1.165) is 57.9 Å². The second kappa shape index (κ2) is 7.97. The van der Waals surface area contributed by atoms with Gasteiger partial charge in [0.05, 0.1) is 0 Å². The standard InChI is InChI=1S/C17H25N9O/c1-23-6-8-25(9-7-23)22-17(27)14-2-4-24(5-3-14)15-10-16(20-12-19-15)26-13-18-11-21-26/h10-14H,2-9H2,1H3,(H,22,27). The lowest BCUT2D eigenvalue weighted by Gasteiger charge is -2.35. The van der Waals surface area contributed by atoms with Crippen LogP contribution < -0.4 is 10.3 Å². The molecule has 2 saturated heterocycles. The molecule has 2 aromatic rings. The predicted molar refractivity (Wildman–Crippen MR) is 99.1 cm³/mol. The molecular weight excluding hydrogens is 346 g/mol. The van der Waals surface area contributed by atoms with E-state index in [1.165, 1.54) is 6.33 Å². The Morgan fingerprint density at radius 3 is 2.48 bits per heavy atom. The van der Waals surface area contributed by atoms with Crippen LogP contribution in [-0.4, -0.2) is 86.9 Å². The van der Waals surface area contributed by atoms with Crippen LogP contribution in [0.5, 0.6) is 0 Å². The maximum atomic E-state index is 12.6. The number of nitrogens with one attached hydrogen (secondary N) is 1. The molecule has 0 radical (unpaired) electrons. The summed E-state index contributed by atoms with van der Waals surface area (Å²) in [5.74, 6) is 1.74. The van der Waals surface area contributed by atoms with Gasteiger partial charge in [0.1, 0.15) is 24.8 Å². The largest absolute Gasteiger partial charge is 0.356 e. The number of nitrogens with zero attached hydrogens (tertiary/aromatic N) is 8. The average molecular weight is 371 g/mol. The molecule has 10 nitrogen and oxygen atoms in total. The fourth-order valence-electron chi connectivity index (χ4n) is 3.50. The molecular formula is C17H25N9O. The summed E-state index contributed by atoms with van der Waals surface area (Å²) in [7, 11) is 2.11. The number of amides is 1. The van der Waals surface area contributed by atoms with E-state index in [1.807, 2.05) is 11.1 Å². The molecule has 4 rings (SSSR count). The van der Waals surface area contributed by atoms with Crippen molar-refractivity contribution in [2.75, 3.05) is 51.2 Å². The smallest absolute Gasteiger partial charge is 0.237 e. The minimum Gasteiger partial charge on any atom is -0.356 e. The van der Waals surface area contributed by atoms with Gasteiger partial charge in [0, 0.05) is 51.3 Å². The summed E-state index contributed by atoms with van der Waals surface area (Å²) in [4.78, 5) is 29.6. The van der Waals surface area contributed by atoms with Crippen molar-refractivity contribution in [3.63, 3.8) is 0 Å². The lowest BCUT2D eigenvalue weighted by atomic mass is 9.96. The number of carbonyl (C=O) groups excluding carboxylic acids is 1. The fourth-order valence-corrected chi connectivity index (χ4v) is 3.50. The Labute approximate surface area is 158 Å². The van der Waals surface area contributed by atoms with E-state index >= 15 is 0 Å². The van der Waals surface area contributed by atoms with Crippen molar-refractivity contribution in [2.24, 2.45) is 5.92 Å².